The predicted molar refractivity (Wildman–Crippen MR) is 78.8 cm³/mol. The number of nitrogens with zero attached hydrogens (tertiary/aromatic N) is 1. The second-order valence-corrected chi connectivity index (χ2v) is 4.81. The van der Waals surface area contributed by atoms with E-state index in [0.29, 0.717) is 17.3 Å². The Labute approximate surface area is 126 Å². The van der Waals surface area contributed by atoms with E-state index in [1.165, 1.54) is 12.1 Å². The van der Waals surface area contributed by atoms with Crippen LogP contribution in [0.2, 0.25) is 5.02 Å². The number of hydrogen-bond donors (Lipinski definition) is 2. The number of aryl methyl sites for hydroxylation is 1. The molecule has 0 aliphatic rings. The maximum Gasteiger partial charge on any atom is 0.271 e. The molecule has 0 spiro atoms. The zero-order chi connectivity index (χ0) is 15.4. The van der Waals surface area contributed by atoms with Gasteiger partial charge >= 0.3 is 0 Å². The van der Waals surface area contributed by atoms with Crippen molar-refractivity contribution in [3.63, 3.8) is 0 Å². The summed E-state index contributed by atoms with van der Waals surface area (Å²) in [7, 11) is 1.55. The molecule has 0 aliphatic carbocycles. The second kappa shape index (κ2) is 6.41. The van der Waals surface area contributed by atoms with Gasteiger partial charge in [-0.3, -0.25) is 9.59 Å². The molecule has 1 aromatic carbocycles. The maximum atomic E-state index is 11.9. The molecule has 2 N–H and O–H groups in total. The summed E-state index contributed by atoms with van der Waals surface area (Å²) in [4.78, 5) is 22.8. The molecule has 0 bridgehead atoms. The van der Waals surface area contributed by atoms with E-state index in [-0.39, 0.29) is 17.2 Å². The highest BCUT2D eigenvalue weighted by Crippen LogP contribution is 2.27. The minimum absolute atomic E-state index is 0.145. The van der Waals surface area contributed by atoms with E-state index in [0.717, 1.165) is 11.1 Å². The van der Waals surface area contributed by atoms with E-state index in [4.69, 9.17) is 16.3 Å². The predicted octanol–water partition coefficient (Wildman–Crippen LogP) is 1.67. The van der Waals surface area contributed by atoms with Gasteiger partial charge in [0, 0.05) is 12.6 Å². The maximum absolute atomic E-state index is 11.9. The molecule has 0 saturated heterocycles. The first kappa shape index (κ1) is 15.1. The summed E-state index contributed by atoms with van der Waals surface area (Å²) in [5.41, 5.74) is 1.61. The molecule has 0 fully saturated rings. The lowest BCUT2D eigenvalue weighted by Gasteiger charge is -2.11. The molecule has 1 heterocycles. The number of rotatable bonds is 4. The summed E-state index contributed by atoms with van der Waals surface area (Å²) in [5.74, 6) is 0.212. The van der Waals surface area contributed by atoms with Crippen molar-refractivity contribution in [1.82, 2.24) is 15.5 Å². The van der Waals surface area contributed by atoms with Crippen molar-refractivity contribution in [1.29, 1.82) is 0 Å². The summed E-state index contributed by atoms with van der Waals surface area (Å²) < 4.78 is 5.12. The number of benzene rings is 1. The van der Waals surface area contributed by atoms with Crippen molar-refractivity contribution in [3.05, 3.63) is 56.5 Å². The highest BCUT2D eigenvalue weighted by atomic mass is 35.5. The summed E-state index contributed by atoms with van der Waals surface area (Å²) in [6.07, 6.45) is 0. The molecule has 0 saturated carbocycles. The Morgan fingerprint density at radius 3 is 2.81 bits per heavy atom. The SMILES string of the molecule is COc1cc(C)c(CNC(=O)c2ccc(=O)[nH]n2)cc1Cl. The molecule has 0 atom stereocenters. The van der Waals surface area contributed by atoms with Gasteiger partial charge in [0.15, 0.2) is 0 Å². The summed E-state index contributed by atoms with van der Waals surface area (Å²) in [5, 5.41) is 9.07. The van der Waals surface area contributed by atoms with Gasteiger partial charge in [-0.2, -0.15) is 5.10 Å². The molecule has 6 nitrogen and oxygen atoms in total. The average Bonchev–Trinajstić information content (AvgIpc) is 2.48. The number of H-pyrrole nitrogens is 1. The minimum atomic E-state index is -0.377. The smallest absolute Gasteiger partial charge is 0.271 e. The Morgan fingerprint density at radius 1 is 1.43 bits per heavy atom. The molecule has 0 aliphatic heterocycles. The average molecular weight is 308 g/mol. The third-order valence-corrected chi connectivity index (χ3v) is 3.26. The summed E-state index contributed by atoms with van der Waals surface area (Å²) in [6.45, 7) is 2.20. The third kappa shape index (κ3) is 3.61. The number of aromatic nitrogens is 2. The molecular weight excluding hydrogens is 294 g/mol. The highest BCUT2D eigenvalue weighted by Gasteiger charge is 2.10. The van der Waals surface area contributed by atoms with E-state index in [1.807, 2.05) is 13.0 Å². The third-order valence-electron chi connectivity index (χ3n) is 2.96. The topological polar surface area (TPSA) is 84.1 Å². The fraction of sp³-hybridized carbons (Fsp3) is 0.214. The number of halogens is 1. The number of aromatic amines is 1. The molecule has 7 heteroatoms. The number of carbonyl (C=O) groups excluding carboxylic acids is 1. The zero-order valence-corrected chi connectivity index (χ0v) is 12.3. The fourth-order valence-corrected chi connectivity index (χ4v) is 2.04. The number of carbonyl (C=O) groups is 1. The van der Waals surface area contributed by atoms with Crippen molar-refractivity contribution in [2.75, 3.05) is 7.11 Å². The highest BCUT2D eigenvalue weighted by molar-refractivity contribution is 6.32. The van der Waals surface area contributed by atoms with Crippen LogP contribution in [-0.4, -0.2) is 23.2 Å². The van der Waals surface area contributed by atoms with Crippen molar-refractivity contribution >= 4 is 17.5 Å². The van der Waals surface area contributed by atoms with Gasteiger partial charge in [-0.15, -0.1) is 0 Å². The first-order chi connectivity index (χ1) is 10.0. The van der Waals surface area contributed by atoms with Gasteiger partial charge in [0.1, 0.15) is 11.4 Å². The van der Waals surface area contributed by atoms with E-state index in [1.54, 1.807) is 13.2 Å². The zero-order valence-electron chi connectivity index (χ0n) is 11.6. The molecule has 21 heavy (non-hydrogen) atoms. The molecule has 2 rings (SSSR count). The van der Waals surface area contributed by atoms with Crippen molar-refractivity contribution < 1.29 is 9.53 Å². The van der Waals surface area contributed by atoms with Crippen molar-refractivity contribution in [2.24, 2.45) is 0 Å². The van der Waals surface area contributed by atoms with E-state index in [2.05, 4.69) is 15.5 Å². The first-order valence-corrected chi connectivity index (χ1v) is 6.56. The van der Waals surface area contributed by atoms with Crippen LogP contribution in [0.25, 0.3) is 0 Å². The van der Waals surface area contributed by atoms with Crippen LogP contribution >= 0.6 is 11.6 Å². The van der Waals surface area contributed by atoms with Gasteiger partial charge in [0.2, 0.25) is 0 Å². The monoisotopic (exact) mass is 307 g/mol. The summed E-state index contributed by atoms with van der Waals surface area (Å²) in [6, 6.07) is 6.16. The number of amides is 1. The molecule has 0 unspecified atom stereocenters. The van der Waals surface area contributed by atoms with Crippen molar-refractivity contribution in [2.45, 2.75) is 13.5 Å². The molecule has 1 amide bonds. The number of hydrogen-bond acceptors (Lipinski definition) is 4. The number of methoxy groups -OCH3 is 1. The molecule has 2 aromatic rings. The molecular formula is C14H14ClN3O3. The van der Waals surface area contributed by atoms with Crippen LogP contribution in [0, 0.1) is 6.92 Å². The Bertz CT molecular complexity index is 707. The molecule has 0 radical (unpaired) electrons. The van der Waals surface area contributed by atoms with E-state index >= 15 is 0 Å². The lowest BCUT2D eigenvalue weighted by atomic mass is 10.1. The van der Waals surface area contributed by atoms with Gasteiger partial charge in [-0.25, -0.2) is 5.10 Å². The van der Waals surface area contributed by atoms with Crippen LogP contribution in [0.3, 0.4) is 0 Å². The first-order valence-electron chi connectivity index (χ1n) is 6.18. The van der Waals surface area contributed by atoms with Crippen LogP contribution in [-0.2, 0) is 6.54 Å². The minimum Gasteiger partial charge on any atom is -0.495 e. The lowest BCUT2D eigenvalue weighted by Crippen LogP contribution is -2.25. The van der Waals surface area contributed by atoms with E-state index in [9.17, 15) is 9.59 Å². The van der Waals surface area contributed by atoms with Crippen LogP contribution in [0.15, 0.2) is 29.1 Å². The Morgan fingerprint density at radius 2 is 2.19 bits per heavy atom. The normalized spacial score (nSPS) is 10.2. The summed E-state index contributed by atoms with van der Waals surface area (Å²) >= 11 is 6.06. The van der Waals surface area contributed by atoms with Crippen LogP contribution in [0.4, 0.5) is 0 Å². The molecule has 110 valence electrons. The second-order valence-electron chi connectivity index (χ2n) is 4.40. The Kier molecular flexibility index (Phi) is 4.59. The largest absolute Gasteiger partial charge is 0.495 e. The van der Waals surface area contributed by atoms with Gasteiger partial charge in [-0.1, -0.05) is 11.6 Å². The van der Waals surface area contributed by atoms with Crippen LogP contribution in [0.1, 0.15) is 21.6 Å². The van der Waals surface area contributed by atoms with E-state index < -0.39 is 0 Å². The quantitative estimate of drug-likeness (QED) is 0.900. The number of nitrogens with one attached hydrogen (secondary N) is 2. The Hall–Kier alpha value is -2.34. The van der Waals surface area contributed by atoms with Gasteiger partial charge < -0.3 is 10.1 Å². The van der Waals surface area contributed by atoms with Crippen molar-refractivity contribution in [3.8, 4) is 5.75 Å². The van der Waals surface area contributed by atoms with Gasteiger partial charge in [0.05, 0.1) is 12.1 Å². The Balaban J connectivity index is 2.09. The van der Waals surface area contributed by atoms with Crippen LogP contribution in [0.5, 0.6) is 5.75 Å². The lowest BCUT2D eigenvalue weighted by molar-refractivity contribution is 0.0944. The van der Waals surface area contributed by atoms with Gasteiger partial charge in [-0.05, 0) is 36.2 Å². The number of ether oxygens (including phenoxy) is 1. The molecule has 1 aromatic heterocycles. The fourth-order valence-electron chi connectivity index (χ4n) is 1.78. The standard InChI is InChI=1S/C14H14ClN3O3/c1-8-5-12(21-2)10(15)6-9(8)7-16-14(20)11-3-4-13(19)18-17-11/h3-6H,7H2,1-2H3,(H,16,20)(H,18,19). The van der Waals surface area contributed by atoms with Gasteiger partial charge in [0.25, 0.3) is 11.5 Å². The van der Waals surface area contributed by atoms with Crippen LogP contribution < -0.4 is 15.6 Å².